The van der Waals surface area contributed by atoms with Crippen molar-refractivity contribution in [2.45, 2.75) is 13.5 Å². The molecule has 0 saturated carbocycles. The molecule has 0 amide bonds. The molecule has 0 radical (unpaired) electrons. The first-order valence-corrected chi connectivity index (χ1v) is 6.02. The van der Waals surface area contributed by atoms with E-state index in [9.17, 15) is 4.79 Å². The molecule has 2 rings (SSSR count). The number of hydrogen-bond acceptors (Lipinski definition) is 6. The van der Waals surface area contributed by atoms with E-state index in [-0.39, 0.29) is 5.56 Å². The van der Waals surface area contributed by atoms with E-state index in [2.05, 4.69) is 15.3 Å². The molecule has 0 spiro atoms. The van der Waals surface area contributed by atoms with Crippen LogP contribution in [0.15, 0.2) is 18.5 Å². The Morgan fingerprint density at radius 2 is 2.28 bits per heavy atom. The van der Waals surface area contributed by atoms with Crippen molar-refractivity contribution < 1.29 is 9.90 Å². The van der Waals surface area contributed by atoms with Gasteiger partial charge in [0.05, 0.1) is 17.8 Å². The Hall–Kier alpha value is -2.15. The number of nitrogens with zero attached hydrogens (tertiary/aromatic N) is 2. The third-order valence-corrected chi connectivity index (χ3v) is 3.15. The van der Waals surface area contributed by atoms with E-state index in [0.717, 1.165) is 9.88 Å². The summed E-state index contributed by atoms with van der Waals surface area (Å²) in [4.78, 5) is 20.0. The highest BCUT2D eigenvalue weighted by atomic mass is 32.1. The molecule has 2 aromatic rings. The number of carbonyl (C=O) groups is 1. The van der Waals surface area contributed by atoms with Crippen LogP contribution in [0.3, 0.4) is 0 Å². The molecule has 0 aliphatic heterocycles. The lowest BCUT2D eigenvalue weighted by Crippen LogP contribution is -2.06. The molecule has 0 atom stereocenters. The molecule has 0 fully saturated rings. The number of carboxylic acids is 1. The van der Waals surface area contributed by atoms with E-state index in [1.807, 2.05) is 6.92 Å². The van der Waals surface area contributed by atoms with Crippen LogP contribution in [0.2, 0.25) is 0 Å². The molecule has 0 saturated heterocycles. The fraction of sp³-hybridized carbons (Fsp3) is 0.182. The second-order valence-electron chi connectivity index (χ2n) is 3.69. The van der Waals surface area contributed by atoms with Crippen molar-refractivity contribution in [2.24, 2.45) is 0 Å². The van der Waals surface area contributed by atoms with Crippen LogP contribution in [-0.2, 0) is 6.54 Å². The van der Waals surface area contributed by atoms with E-state index in [4.69, 9.17) is 10.8 Å². The van der Waals surface area contributed by atoms with Crippen molar-refractivity contribution in [3.63, 3.8) is 0 Å². The number of nitrogens with two attached hydrogens (primary N) is 1. The van der Waals surface area contributed by atoms with Crippen LogP contribution in [-0.4, -0.2) is 21.0 Å². The predicted molar refractivity (Wildman–Crippen MR) is 69.8 cm³/mol. The molecule has 0 aliphatic carbocycles. The van der Waals surface area contributed by atoms with E-state index in [0.29, 0.717) is 18.1 Å². The molecule has 18 heavy (non-hydrogen) atoms. The first-order chi connectivity index (χ1) is 8.56. The average molecular weight is 264 g/mol. The molecule has 0 unspecified atom stereocenters. The van der Waals surface area contributed by atoms with Crippen LogP contribution in [0.4, 0.5) is 11.5 Å². The second-order valence-corrected chi connectivity index (χ2v) is 5.00. The number of anilines is 2. The topological polar surface area (TPSA) is 101 Å². The maximum atomic E-state index is 10.7. The van der Waals surface area contributed by atoms with Crippen molar-refractivity contribution in [2.75, 3.05) is 11.1 Å². The molecular formula is C11H12N4O2S. The van der Waals surface area contributed by atoms with Crippen molar-refractivity contribution in [1.82, 2.24) is 9.97 Å². The van der Waals surface area contributed by atoms with Gasteiger partial charge in [0.25, 0.3) is 0 Å². The summed E-state index contributed by atoms with van der Waals surface area (Å²) in [5, 5.41) is 12.7. The zero-order valence-electron chi connectivity index (χ0n) is 9.67. The van der Waals surface area contributed by atoms with Gasteiger partial charge in [-0.25, -0.2) is 14.8 Å². The van der Waals surface area contributed by atoms with Crippen LogP contribution in [0.1, 0.15) is 20.2 Å². The molecule has 0 bridgehead atoms. The van der Waals surface area contributed by atoms with Gasteiger partial charge in [-0.15, -0.1) is 11.3 Å². The van der Waals surface area contributed by atoms with Gasteiger partial charge in [-0.05, 0) is 13.0 Å². The minimum absolute atomic E-state index is 0.0724. The van der Waals surface area contributed by atoms with E-state index in [1.165, 1.54) is 12.3 Å². The predicted octanol–water partition coefficient (Wildman–Crippen LogP) is 1.74. The molecule has 2 aromatic heterocycles. The number of carboxylic acid groups (broad SMARTS) is 1. The number of rotatable bonds is 4. The molecule has 4 N–H and O–H groups in total. The summed E-state index contributed by atoms with van der Waals surface area (Å²) < 4.78 is 0. The molecule has 6 nitrogen and oxygen atoms in total. The molecule has 2 heterocycles. The summed E-state index contributed by atoms with van der Waals surface area (Å²) in [5.74, 6) is -0.579. The lowest BCUT2D eigenvalue weighted by molar-refractivity contribution is 0.0696. The van der Waals surface area contributed by atoms with Crippen LogP contribution in [0.5, 0.6) is 0 Å². The molecule has 94 valence electrons. The van der Waals surface area contributed by atoms with Crippen molar-refractivity contribution in [3.05, 3.63) is 33.9 Å². The third-order valence-electron chi connectivity index (χ3n) is 2.24. The summed E-state index contributed by atoms with van der Waals surface area (Å²) in [6.07, 6.45) is 3.07. The standard InChI is InChI=1S/C11H12N4O2S/c1-6-3-13-9(18-6)5-15-10-8(12)2-7(4-14-10)11(16)17/h2-4H,5,12H2,1H3,(H,14,15)(H,16,17). The van der Waals surface area contributed by atoms with Gasteiger partial charge in [0.1, 0.15) is 10.8 Å². The number of nitrogens with one attached hydrogen (secondary N) is 1. The number of pyridine rings is 1. The monoisotopic (exact) mass is 264 g/mol. The highest BCUT2D eigenvalue weighted by molar-refractivity contribution is 7.11. The van der Waals surface area contributed by atoms with Gasteiger partial charge in [0.15, 0.2) is 0 Å². The maximum absolute atomic E-state index is 10.7. The zero-order chi connectivity index (χ0) is 13.1. The zero-order valence-corrected chi connectivity index (χ0v) is 10.5. The normalized spacial score (nSPS) is 10.3. The van der Waals surface area contributed by atoms with Gasteiger partial charge in [-0.3, -0.25) is 0 Å². The Bertz CT molecular complexity index is 582. The molecular weight excluding hydrogens is 252 g/mol. The highest BCUT2D eigenvalue weighted by Gasteiger charge is 2.08. The minimum Gasteiger partial charge on any atom is -0.478 e. The van der Waals surface area contributed by atoms with E-state index in [1.54, 1.807) is 17.5 Å². The van der Waals surface area contributed by atoms with Gasteiger partial charge < -0.3 is 16.2 Å². The second kappa shape index (κ2) is 5.01. The quantitative estimate of drug-likeness (QED) is 0.777. The Balaban J connectivity index is 2.08. The summed E-state index contributed by atoms with van der Waals surface area (Å²) in [6, 6.07) is 1.38. The lowest BCUT2D eigenvalue weighted by atomic mass is 10.2. The largest absolute Gasteiger partial charge is 0.478 e. The number of aryl methyl sites for hydroxylation is 1. The van der Waals surface area contributed by atoms with Gasteiger partial charge in [-0.2, -0.15) is 0 Å². The van der Waals surface area contributed by atoms with Crippen molar-refractivity contribution in [1.29, 1.82) is 0 Å². The fourth-order valence-electron chi connectivity index (χ4n) is 1.39. The summed E-state index contributed by atoms with van der Waals surface area (Å²) >= 11 is 1.58. The smallest absolute Gasteiger partial charge is 0.337 e. The summed E-state index contributed by atoms with van der Waals surface area (Å²) in [7, 11) is 0. The Morgan fingerprint density at radius 3 is 2.83 bits per heavy atom. The highest BCUT2D eigenvalue weighted by Crippen LogP contribution is 2.18. The third kappa shape index (κ3) is 2.75. The number of hydrogen-bond donors (Lipinski definition) is 3. The molecule has 0 aliphatic rings. The molecule has 0 aromatic carbocycles. The first-order valence-electron chi connectivity index (χ1n) is 5.20. The first kappa shape index (κ1) is 12.3. The van der Waals surface area contributed by atoms with Crippen molar-refractivity contribution >= 4 is 28.8 Å². The number of aromatic nitrogens is 2. The Kier molecular flexibility index (Phi) is 3.42. The van der Waals surface area contributed by atoms with Crippen LogP contribution in [0.25, 0.3) is 0 Å². The minimum atomic E-state index is -1.05. The van der Waals surface area contributed by atoms with E-state index >= 15 is 0 Å². The van der Waals surface area contributed by atoms with E-state index < -0.39 is 5.97 Å². The average Bonchev–Trinajstić information content (AvgIpc) is 2.73. The van der Waals surface area contributed by atoms with Gasteiger partial charge >= 0.3 is 5.97 Å². The van der Waals surface area contributed by atoms with Crippen LogP contribution < -0.4 is 11.1 Å². The lowest BCUT2D eigenvalue weighted by Gasteiger charge is -2.07. The van der Waals surface area contributed by atoms with Gasteiger partial charge in [0.2, 0.25) is 0 Å². The SMILES string of the molecule is Cc1cnc(CNc2ncc(C(=O)O)cc2N)s1. The Morgan fingerprint density at radius 1 is 1.50 bits per heavy atom. The number of thiazole rings is 1. The molecule has 7 heteroatoms. The summed E-state index contributed by atoms with van der Waals surface area (Å²) in [5.41, 5.74) is 6.10. The van der Waals surface area contributed by atoms with Gasteiger partial charge in [-0.1, -0.05) is 0 Å². The number of aromatic carboxylic acids is 1. The maximum Gasteiger partial charge on any atom is 0.337 e. The fourth-order valence-corrected chi connectivity index (χ4v) is 2.12. The van der Waals surface area contributed by atoms with Gasteiger partial charge in [0, 0.05) is 17.3 Å². The Labute approximate surface area is 108 Å². The summed E-state index contributed by atoms with van der Waals surface area (Å²) in [6.45, 7) is 2.50. The van der Waals surface area contributed by atoms with Crippen molar-refractivity contribution in [3.8, 4) is 0 Å². The van der Waals surface area contributed by atoms with Crippen LogP contribution >= 0.6 is 11.3 Å². The number of nitrogen functional groups attached to an aromatic ring is 1. The van der Waals surface area contributed by atoms with Crippen LogP contribution in [0, 0.1) is 6.92 Å².